The van der Waals surface area contributed by atoms with Crippen LogP contribution in [0.4, 0.5) is 5.69 Å². The van der Waals surface area contributed by atoms with Crippen LogP contribution in [0.1, 0.15) is 37.6 Å². The predicted molar refractivity (Wildman–Crippen MR) is 115 cm³/mol. The zero-order valence-corrected chi connectivity index (χ0v) is 18.3. The van der Waals surface area contributed by atoms with Gasteiger partial charge in [0.05, 0.1) is 17.7 Å². The second kappa shape index (κ2) is 11.7. The molecule has 2 rings (SSSR count). The smallest absolute Gasteiger partial charge is 0.255 e. The molecule has 0 aliphatic rings. The molecule has 0 saturated carbocycles. The molecular weight excluding hydrogens is 422 g/mol. The van der Waals surface area contributed by atoms with Gasteiger partial charge < -0.3 is 19.5 Å². The lowest BCUT2D eigenvalue weighted by Gasteiger charge is -2.11. The van der Waals surface area contributed by atoms with E-state index in [9.17, 15) is 4.79 Å². The fourth-order valence-corrected chi connectivity index (χ4v) is 2.86. The summed E-state index contributed by atoms with van der Waals surface area (Å²) in [6, 6.07) is 12.6. The van der Waals surface area contributed by atoms with Crippen LogP contribution >= 0.6 is 15.9 Å². The van der Waals surface area contributed by atoms with Crippen molar-refractivity contribution < 1.29 is 19.0 Å². The van der Waals surface area contributed by atoms with E-state index in [4.69, 9.17) is 14.2 Å². The second-order valence-corrected chi connectivity index (χ2v) is 7.55. The Hall–Kier alpha value is -2.05. The first-order valence-electron chi connectivity index (χ1n) is 9.54. The molecule has 0 spiro atoms. The van der Waals surface area contributed by atoms with Crippen LogP contribution < -0.4 is 14.8 Å². The van der Waals surface area contributed by atoms with Crippen molar-refractivity contribution in [2.24, 2.45) is 5.92 Å². The summed E-state index contributed by atoms with van der Waals surface area (Å²) in [5.74, 6) is 1.89. The largest absolute Gasteiger partial charge is 0.492 e. The number of hydrogen-bond donors (Lipinski definition) is 1. The van der Waals surface area contributed by atoms with Crippen LogP contribution in [0.25, 0.3) is 0 Å². The van der Waals surface area contributed by atoms with Gasteiger partial charge in [0.2, 0.25) is 0 Å². The molecule has 0 fully saturated rings. The van der Waals surface area contributed by atoms with Crippen molar-refractivity contribution in [3.63, 3.8) is 0 Å². The molecule has 2 aromatic carbocycles. The fraction of sp³-hybridized carbons (Fsp3) is 0.409. The highest BCUT2D eigenvalue weighted by Gasteiger charge is 2.10. The van der Waals surface area contributed by atoms with E-state index in [0.717, 1.165) is 22.4 Å². The van der Waals surface area contributed by atoms with Gasteiger partial charge in [0.25, 0.3) is 5.91 Å². The minimum Gasteiger partial charge on any atom is -0.492 e. The summed E-state index contributed by atoms with van der Waals surface area (Å²) in [5, 5.41) is 2.89. The molecule has 0 atom stereocenters. The predicted octanol–water partition coefficient (Wildman–Crippen LogP) is 5.54. The molecule has 0 aromatic heterocycles. The number of nitrogens with one attached hydrogen (secondary N) is 1. The van der Waals surface area contributed by atoms with Crippen molar-refractivity contribution in [2.75, 3.05) is 31.7 Å². The third kappa shape index (κ3) is 7.52. The highest BCUT2D eigenvalue weighted by Crippen LogP contribution is 2.27. The number of ether oxygens (including phenoxy) is 3. The van der Waals surface area contributed by atoms with Gasteiger partial charge in [-0.15, -0.1) is 0 Å². The van der Waals surface area contributed by atoms with Gasteiger partial charge in [-0.1, -0.05) is 13.8 Å². The third-order valence-electron chi connectivity index (χ3n) is 3.96. The van der Waals surface area contributed by atoms with Crippen LogP contribution in [-0.2, 0) is 4.74 Å². The number of amides is 1. The van der Waals surface area contributed by atoms with Crippen molar-refractivity contribution >= 4 is 27.5 Å². The topological polar surface area (TPSA) is 56.8 Å². The van der Waals surface area contributed by atoms with E-state index in [-0.39, 0.29) is 5.91 Å². The average Bonchev–Trinajstić information content (AvgIpc) is 2.67. The third-order valence-corrected chi connectivity index (χ3v) is 4.58. The maximum Gasteiger partial charge on any atom is 0.255 e. The van der Waals surface area contributed by atoms with Gasteiger partial charge in [0, 0.05) is 17.9 Å². The van der Waals surface area contributed by atoms with Crippen LogP contribution in [0.15, 0.2) is 46.9 Å². The lowest BCUT2D eigenvalue weighted by Crippen LogP contribution is -2.12. The van der Waals surface area contributed by atoms with Crippen molar-refractivity contribution in [1.82, 2.24) is 0 Å². The maximum absolute atomic E-state index is 12.5. The second-order valence-electron chi connectivity index (χ2n) is 6.70. The summed E-state index contributed by atoms with van der Waals surface area (Å²) in [5.41, 5.74) is 1.26. The first-order chi connectivity index (χ1) is 13.5. The normalized spacial score (nSPS) is 10.8. The Bertz CT molecular complexity index is 747. The fourth-order valence-electron chi connectivity index (χ4n) is 2.36. The average molecular weight is 450 g/mol. The Morgan fingerprint density at radius 1 is 1.04 bits per heavy atom. The number of carbonyl (C=O) groups is 1. The van der Waals surface area contributed by atoms with E-state index in [1.54, 1.807) is 12.1 Å². The molecule has 1 N–H and O–H groups in total. The highest BCUT2D eigenvalue weighted by atomic mass is 79.9. The molecule has 1 amide bonds. The SMILES string of the molecule is CCOCCOc1ccc(NC(=O)c2ccc(OCCC(C)C)c(Br)c2)cc1. The number of rotatable bonds is 11. The lowest BCUT2D eigenvalue weighted by molar-refractivity contribution is 0.102. The summed E-state index contributed by atoms with van der Waals surface area (Å²) in [6.45, 7) is 8.65. The van der Waals surface area contributed by atoms with E-state index in [2.05, 4.69) is 35.1 Å². The molecule has 0 heterocycles. The summed E-state index contributed by atoms with van der Waals surface area (Å²) in [6.07, 6.45) is 0.986. The molecule has 5 nitrogen and oxygen atoms in total. The van der Waals surface area contributed by atoms with Crippen molar-refractivity contribution in [2.45, 2.75) is 27.2 Å². The number of benzene rings is 2. The van der Waals surface area contributed by atoms with Gasteiger partial charge in [-0.05, 0) is 77.7 Å². The molecule has 0 unspecified atom stereocenters. The Kier molecular flexibility index (Phi) is 9.31. The molecule has 6 heteroatoms. The van der Waals surface area contributed by atoms with E-state index in [0.29, 0.717) is 43.6 Å². The molecule has 0 bridgehead atoms. The molecule has 2 aromatic rings. The van der Waals surface area contributed by atoms with Crippen LogP contribution in [0.3, 0.4) is 0 Å². The number of hydrogen-bond acceptors (Lipinski definition) is 4. The van der Waals surface area contributed by atoms with Crippen LogP contribution in [0.5, 0.6) is 11.5 Å². The number of carbonyl (C=O) groups excluding carboxylic acids is 1. The Morgan fingerprint density at radius 2 is 1.79 bits per heavy atom. The van der Waals surface area contributed by atoms with Crippen molar-refractivity contribution in [3.8, 4) is 11.5 Å². The molecule has 152 valence electrons. The highest BCUT2D eigenvalue weighted by molar-refractivity contribution is 9.10. The molecular formula is C22H28BrNO4. The Morgan fingerprint density at radius 3 is 2.43 bits per heavy atom. The molecule has 0 saturated heterocycles. The van der Waals surface area contributed by atoms with Crippen LogP contribution in [0, 0.1) is 5.92 Å². The monoisotopic (exact) mass is 449 g/mol. The van der Waals surface area contributed by atoms with E-state index < -0.39 is 0 Å². The zero-order valence-electron chi connectivity index (χ0n) is 16.7. The minimum absolute atomic E-state index is 0.181. The van der Waals surface area contributed by atoms with Crippen molar-refractivity contribution in [3.05, 3.63) is 52.5 Å². The summed E-state index contributed by atoms with van der Waals surface area (Å²) >= 11 is 3.48. The summed E-state index contributed by atoms with van der Waals surface area (Å²) in [7, 11) is 0. The van der Waals surface area contributed by atoms with E-state index >= 15 is 0 Å². The molecule has 28 heavy (non-hydrogen) atoms. The standard InChI is InChI=1S/C22H28BrNO4/c1-4-26-13-14-27-19-8-6-18(7-9-19)24-22(25)17-5-10-21(20(23)15-17)28-12-11-16(2)3/h5-10,15-16H,4,11-14H2,1-3H3,(H,24,25). The van der Waals surface area contributed by atoms with Gasteiger partial charge in [-0.25, -0.2) is 0 Å². The number of anilines is 1. The molecule has 0 aliphatic heterocycles. The van der Waals surface area contributed by atoms with E-state index in [1.807, 2.05) is 37.3 Å². The first-order valence-corrected chi connectivity index (χ1v) is 10.3. The number of halogens is 1. The van der Waals surface area contributed by atoms with Gasteiger partial charge in [0.1, 0.15) is 18.1 Å². The van der Waals surface area contributed by atoms with E-state index in [1.165, 1.54) is 0 Å². The van der Waals surface area contributed by atoms with Gasteiger partial charge >= 0.3 is 0 Å². The Labute approximate surface area is 175 Å². The van der Waals surface area contributed by atoms with Crippen molar-refractivity contribution in [1.29, 1.82) is 0 Å². The quantitative estimate of drug-likeness (QED) is 0.457. The summed E-state index contributed by atoms with van der Waals surface area (Å²) in [4.78, 5) is 12.5. The maximum atomic E-state index is 12.5. The van der Waals surface area contributed by atoms with Crippen LogP contribution in [0.2, 0.25) is 0 Å². The zero-order chi connectivity index (χ0) is 20.4. The van der Waals surface area contributed by atoms with Crippen LogP contribution in [-0.4, -0.2) is 32.3 Å². The van der Waals surface area contributed by atoms with Gasteiger partial charge in [-0.2, -0.15) is 0 Å². The summed E-state index contributed by atoms with van der Waals surface area (Å²) < 4.78 is 17.3. The lowest BCUT2D eigenvalue weighted by atomic mass is 10.1. The molecule has 0 radical (unpaired) electrons. The minimum atomic E-state index is -0.181. The molecule has 0 aliphatic carbocycles. The van der Waals surface area contributed by atoms with Gasteiger partial charge in [0.15, 0.2) is 0 Å². The van der Waals surface area contributed by atoms with Gasteiger partial charge in [-0.3, -0.25) is 4.79 Å². The Balaban J connectivity index is 1.89. The first kappa shape index (κ1) is 22.2.